The third-order valence-electron chi connectivity index (χ3n) is 2.44. The smallest absolute Gasteiger partial charge is 0.234 e. The average Bonchev–Trinajstić information content (AvgIpc) is 2.37. The number of amides is 1. The lowest BCUT2D eigenvalue weighted by Crippen LogP contribution is -2.34. The van der Waals surface area contributed by atoms with Crippen LogP contribution in [0, 0.1) is 0 Å². The van der Waals surface area contributed by atoms with Gasteiger partial charge in [-0.15, -0.1) is 0 Å². The van der Waals surface area contributed by atoms with Crippen LogP contribution in [-0.4, -0.2) is 49.5 Å². The fourth-order valence-corrected chi connectivity index (χ4v) is 1.48. The van der Waals surface area contributed by atoms with Gasteiger partial charge >= 0.3 is 0 Å². The second-order valence-corrected chi connectivity index (χ2v) is 4.43. The van der Waals surface area contributed by atoms with Crippen molar-refractivity contribution in [3.63, 3.8) is 0 Å². The van der Waals surface area contributed by atoms with Crippen molar-refractivity contribution >= 4 is 5.91 Å². The number of aromatic nitrogens is 1. The molecule has 2 N–H and O–H groups in total. The van der Waals surface area contributed by atoms with Crippen molar-refractivity contribution in [1.29, 1.82) is 0 Å². The number of carbonyl (C=O) groups is 1. The van der Waals surface area contributed by atoms with Crippen LogP contribution in [0.25, 0.3) is 0 Å². The summed E-state index contributed by atoms with van der Waals surface area (Å²) in [5.74, 6) is 0.00510. The average molecular weight is 250 g/mol. The molecule has 0 saturated carbocycles. The van der Waals surface area contributed by atoms with Gasteiger partial charge in [0.2, 0.25) is 5.91 Å². The largest absolute Gasteiger partial charge is 0.349 e. The number of rotatable bonds is 8. The van der Waals surface area contributed by atoms with E-state index in [1.54, 1.807) is 6.20 Å². The zero-order valence-corrected chi connectivity index (χ0v) is 11.1. The van der Waals surface area contributed by atoms with E-state index in [1.807, 2.05) is 32.3 Å². The Morgan fingerprint density at radius 1 is 1.39 bits per heavy atom. The lowest BCUT2D eigenvalue weighted by molar-refractivity contribution is -0.120. The minimum absolute atomic E-state index is 0.00510. The van der Waals surface area contributed by atoms with Crippen LogP contribution in [0.3, 0.4) is 0 Å². The van der Waals surface area contributed by atoms with E-state index < -0.39 is 0 Å². The van der Waals surface area contributed by atoms with Crippen molar-refractivity contribution in [3.05, 3.63) is 30.1 Å². The van der Waals surface area contributed by atoms with Crippen LogP contribution in [0.5, 0.6) is 0 Å². The number of nitrogens with zero attached hydrogens (tertiary/aromatic N) is 2. The van der Waals surface area contributed by atoms with Crippen LogP contribution < -0.4 is 10.6 Å². The Balaban J connectivity index is 2.04. The van der Waals surface area contributed by atoms with E-state index in [1.165, 1.54) is 0 Å². The first-order valence-corrected chi connectivity index (χ1v) is 6.20. The molecule has 100 valence electrons. The Bertz CT molecular complexity index is 340. The lowest BCUT2D eigenvalue weighted by atomic mass is 10.3. The van der Waals surface area contributed by atoms with E-state index in [0.29, 0.717) is 13.1 Å². The Morgan fingerprint density at radius 3 is 2.89 bits per heavy atom. The second-order valence-electron chi connectivity index (χ2n) is 4.43. The van der Waals surface area contributed by atoms with Gasteiger partial charge in [0.05, 0.1) is 18.8 Å². The fourth-order valence-electron chi connectivity index (χ4n) is 1.48. The van der Waals surface area contributed by atoms with Gasteiger partial charge in [-0.1, -0.05) is 6.07 Å². The third kappa shape index (κ3) is 6.98. The third-order valence-corrected chi connectivity index (χ3v) is 2.44. The first-order valence-electron chi connectivity index (χ1n) is 6.20. The SMILES string of the molecule is CN(C)CCCNCC(=O)NCc1ccccn1. The molecular formula is C13H22N4O. The van der Waals surface area contributed by atoms with Gasteiger partial charge < -0.3 is 15.5 Å². The summed E-state index contributed by atoms with van der Waals surface area (Å²) in [6.07, 6.45) is 2.77. The van der Waals surface area contributed by atoms with Crippen molar-refractivity contribution < 1.29 is 4.79 Å². The molecule has 18 heavy (non-hydrogen) atoms. The van der Waals surface area contributed by atoms with Crippen molar-refractivity contribution in [3.8, 4) is 0 Å². The molecule has 0 fully saturated rings. The molecule has 1 aromatic rings. The number of hydrogen-bond acceptors (Lipinski definition) is 4. The molecule has 0 aliphatic carbocycles. The molecule has 5 nitrogen and oxygen atoms in total. The predicted octanol–water partition coefficient (Wildman–Crippen LogP) is 0.239. The van der Waals surface area contributed by atoms with Crippen molar-refractivity contribution in [2.24, 2.45) is 0 Å². The van der Waals surface area contributed by atoms with E-state index in [4.69, 9.17) is 0 Å². The van der Waals surface area contributed by atoms with Crippen LogP contribution in [0.4, 0.5) is 0 Å². The lowest BCUT2D eigenvalue weighted by Gasteiger charge is -2.09. The molecule has 0 saturated heterocycles. The van der Waals surface area contributed by atoms with E-state index in [-0.39, 0.29) is 5.91 Å². The molecule has 0 aliphatic rings. The highest BCUT2D eigenvalue weighted by Crippen LogP contribution is 1.91. The van der Waals surface area contributed by atoms with E-state index in [2.05, 4.69) is 20.5 Å². The van der Waals surface area contributed by atoms with Crippen molar-refractivity contribution in [2.75, 3.05) is 33.7 Å². The van der Waals surface area contributed by atoms with E-state index in [0.717, 1.165) is 25.2 Å². The number of nitrogens with one attached hydrogen (secondary N) is 2. The van der Waals surface area contributed by atoms with Crippen molar-refractivity contribution in [2.45, 2.75) is 13.0 Å². The van der Waals surface area contributed by atoms with Crippen LogP contribution in [0.1, 0.15) is 12.1 Å². The van der Waals surface area contributed by atoms with Gasteiger partial charge in [-0.3, -0.25) is 9.78 Å². The molecular weight excluding hydrogens is 228 g/mol. The number of carbonyl (C=O) groups excluding carboxylic acids is 1. The molecule has 0 atom stereocenters. The summed E-state index contributed by atoms with van der Waals surface area (Å²) < 4.78 is 0. The summed E-state index contributed by atoms with van der Waals surface area (Å²) in [5.41, 5.74) is 0.874. The fraction of sp³-hybridized carbons (Fsp3) is 0.538. The van der Waals surface area contributed by atoms with Crippen LogP contribution in [-0.2, 0) is 11.3 Å². The quantitative estimate of drug-likeness (QED) is 0.649. The molecule has 1 heterocycles. The monoisotopic (exact) mass is 250 g/mol. The maximum absolute atomic E-state index is 11.5. The Labute approximate surface area is 109 Å². The summed E-state index contributed by atoms with van der Waals surface area (Å²) >= 11 is 0. The summed E-state index contributed by atoms with van der Waals surface area (Å²) in [7, 11) is 4.08. The number of pyridine rings is 1. The van der Waals surface area contributed by atoms with Gasteiger partial charge in [-0.25, -0.2) is 0 Å². The van der Waals surface area contributed by atoms with Crippen LogP contribution in [0.2, 0.25) is 0 Å². The highest BCUT2D eigenvalue weighted by atomic mass is 16.1. The van der Waals surface area contributed by atoms with Crippen LogP contribution in [0.15, 0.2) is 24.4 Å². The van der Waals surface area contributed by atoms with Gasteiger partial charge in [-0.05, 0) is 45.7 Å². The summed E-state index contributed by atoms with van der Waals surface area (Å²) in [5, 5.41) is 5.94. The Morgan fingerprint density at radius 2 is 2.22 bits per heavy atom. The molecule has 0 bridgehead atoms. The Kier molecular flexibility index (Phi) is 6.98. The van der Waals surface area contributed by atoms with E-state index >= 15 is 0 Å². The van der Waals surface area contributed by atoms with Gasteiger partial charge in [0.15, 0.2) is 0 Å². The molecule has 5 heteroatoms. The first-order chi connectivity index (χ1) is 8.68. The molecule has 1 rings (SSSR count). The minimum atomic E-state index is 0.00510. The van der Waals surface area contributed by atoms with E-state index in [9.17, 15) is 4.79 Å². The molecule has 1 aromatic heterocycles. The maximum Gasteiger partial charge on any atom is 0.234 e. The maximum atomic E-state index is 11.5. The molecule has 0 unspecified atom stereocenters. The topological polar surface area (TPSA) is 57.3 Å². The molecule has 0 aliphatic heterocycles. The molecule has 0 spiro atoms. The first kappa shape index (κ1) is 14.6. The predicted molar refractivity (Wildman–Crippen MR) is 72.1 cm³/mol. The molecule has 0 aromatic carbocycles. The Hall–Kier alpha value is -1.46. The van der Waals surface area contributed by atoms with Gasteiger partial charge in [-0.2, -0.15) is 0 Å². The van der Waals surface area contributed by atoms with Gasteiger partial charge in [0, 0.05) is 6.20 Å². The summed E-state index contributed by atoms with van der Waals surface area (Å²) in [6, 6.07) is 5.66. The minimum Gasteiger partial charge on any atom is -0.349 e. The second kappa shape index (κ2) is 8.60. The van der Waals surface area contributed by atoms with Gasteiger partial charge in [0.25, 0.3) is 0 Å². The molecule has 1 amide bonds. The van der Waals surface area contributed by atoms with Crippen molar-refractivity contribution in [1.82, 2.24) is 20.5 Å². The zero-order valence-electron chi connectivity index (χ0n) is 11.1. The normalized spacial score (nSPS) is 10.6. The molecule has 0 radical (unpaired) electrons. The summed E-state index contributed by atoms with van der Waals surface area (Å²) in [4.78, 5) is 17.8. The highest BCUT2D eigenvalue weighted by molar-refractivity contribution is 5.77. The highest BCUT2D eigenvalue weighted by Gasteiger charge is 2.00. The standard InChI is InChI=1S/C13H22N4O/c1-17(2)9-5-7-14-11-13(18)16-10-12-6-3-4-8-15-12/h3-4,6,8,14H,5,7,9-11H2,1-2H3,(H,16,18). The van der Waals surface area contributed by atoms with Crippen LogP contribution >= 0.6 is 0 Å². The number of hydrogen-bond donors (Lipinski definition) is 2. The van der Waals surface area contributed by atoms with Gasteiger partial charge in [0.1, 0.15) is 0 Å². The summed E-state index contributed by atoms with van der Waals surface area (Å²) in [6.45, 7) is 2.73. The zero-order chi connectivity index (χ0) is 13.2.